The van der Waals surface area contributed by atoms with E-state index in [0.717, 1.165) is 34.6 Å². The smallest absolute Gasteiger partial charge is 0.268 e. The SMILES string of the molecule is Cc1[nH]c(C(=O)N[C@H](C)C23CC4CC(CC(C4)C2)C3)c(C)c1[C@@H](C)O. The zero-order valence-electron chi connectivity index (χ0n) is 16.0. The van der Waals surface area contributed by atoms with Crippen molar-refractivity contribution in [3.8, 4) is 0 Å². The third kappa shape index (κ3) is 2.73. The molecule has 0 radical (unpaired) electrons. The molecule has 4 nitrogen and oxygen atoms in total. The van der Waals surface area contributed by atoms with E-state index in [9.17, 15) is 9.90 Å². The summed E-state index contributed by atoms with van der Waals surface area (Å²) in [6.45, 7) is 7.82. The van der Waals surface area contributed by atoms with Crippen molar-refractivity contribution in [2.75, 3.05) is 0 Å². The fraction of sp³-hybridized carbons (Fsp3) is 0.762. The number of H-pyrrole nitrogens is 1. The molecule has 4 aliphatic carbocycles. The molecule has 4 bridgehead atoms. The molecule has 0 aliphatic heterocycles. The molecule has 1 heterocycles. The van der Waals surface area contributed by atoms with Gasteiger partial charge >= 0.3 is 0 Å². The Balaban J connectivity index is 1.53. The van der Waals surface area contributed by atoms with E-state index in [1.165, 1.54) is 38.5 Å². The number of hydrogen-bond donors (Lipinski definition) is 3. The van der Waals surface area contributed by atoms with Gasteiger partial charge in [-0.3, -0.25) is 4.79 Å². The van der Waals surface area contributed by atoms with Gasteiger partial charge in [0.2, 0.25) is 0 Å². The lowest BCUT2D eigenvalue weighted by Crippen LogP contribution is -2.55. The Kier molecular flexibility index (Phi) is 4.02. The third-order valence-corrected chi connectivity index (χ3v) is 7.49. The minimum atomic E-state index is -0.557. The number of carbonyl (C=O) groups excluding carboxylic acids is 1. The minimum absolute atomic E-state index is 0.0178. The Bertz CT molecular complexity index is 653. The minimum Gasteiger partial charge on any atom is -0.389 e. The summed E-state index contributed by atoms with van der Waals surface area (Å²) in [5.41, 5.74) is 3.55. The molecular weight excluding hydrogens is 312 g/mol. The molecule has 4 saturated carbocycles. The second-order valence-corrected chi connectivity index (χ2v) is 9.31. The lowest BCUT2D eigenvalue weighted by molar-refractivity contribution is -0.0688. The Morgan fingerprint density at radius 2 is 1.64 bits per heavy atom. The molecule has 0 aromatic carbocycles. The van der Waals surface area contributed by atoms with Gasteiger partial charge < -0.3 is 15.4 Å². The Hall–Kier alpha value is -1.29. The molecule has 3 N–H and O–H groups in total. The first-order valence-corrected chi connectivity index (χ1v) is 9.97. The van der Waals surface area contributed by atoms with Crippen LogP contribution in [0.3, 0.4) is 0 Å². The Morgan fingerprint density at radius 3 is 2.08 bits per heavy atom. The fourth-order valence-electron chi connectivity index (χ4n) is 6.75. The summed E-state index contributed by atoms with van der Waals surface area (Å²) in [6, 6.07) is 0.214. The summed E-state index contributed by atoms with van der Waals surface area (Å²) in [5.74, 6) is 2.65. The molecule has 0 saturated heterocycles. The van der Waals surface area contributed by atoms with E-state index in [4.69, 9.17) is 0 Å². The highest BCUT2D eigenvalue weighted by Crippen LogP contribution is 2.61. The second kappa shape index (κ2) is 5.87. The van der Waals surface area contributed by atoms with Crippen LogP contribution in [-0.4, -0.2) is 22.0 Å². The van der Waals surface area contributed by atoms with Gasteiger partial charge in [0.15, 0.2) is 0 Å². The van der Waals surface area contributed by atoms with Crippen molar-refractivity contribution in [2.24, 2.45) is 23.2 Å². The summed E-state index contributed by atoms with van der Waals surface area (Å²) < 4.78 is 0. The lowest BCUT2D eigenvalue weighted by Gasteiger charge is -2.59. The van der Waals surface area contributed by atoms with Crippen LogP contribution in [0.25, 0.3) is 0 Å². The highest BCUT2D eigenvalue weighted by Gasteiger charge is 2.53. The summed E-state index contributed by atoms with van der Waals surface area (Å²) in [6.07, 6.45) is 7.59. The molecule has 4 fully saturated rings. The first-order valence-electron chi connectivity index (χ1n) is 9.97. The second-order valence-electron chi connectivity index (χ2n) is 9.31. The van der Waals surface area contributed by atoms with Crippen LogP contribution in [0.5, 0.6) is 0 Å². The third-order valence-electron chi connectivity index (χ3n) is 7.49. The van der Waals surface area contributed by atoms with Crippen molar-refractivity contribution in [1.29, 1.82) is 0 Å². The van der Waals surface area contributed by atoms with Crippen LogP contribution in [0.1, 0.15) is 85.8 Å². The molecule has 0 spiro atoms. The van der Waals surface area contributed by atoms with Crippen LogP contribution in [0, 0.1) is 37.0 Å². The number of aryl methyl sites for hydroxylation is 1. The van der Waals surface area contributed by atoms with E-state index in [-0.39, 0.29) is 11.9 Å². The van der Waals surface area contributed by atoms with Gasteiger partial charge in [0.05, 0.1) is 6.10 Å². The number of carbonyl (C=O) groups is 1. The van der Waals surface area contributed by atoms with Crippen molar-refractivity contribution in [3.63, 3.8) is 0 Å². The van der Waals surface area contributed by atoms with Gasteiger partial charge in [-0.25, -0.2) is 0 Å². The van der Waals surface area contributed by atoms with E-state index in [1.54, 1.807) is 6.92 Å². The summed E-state index contributed by atoms with van der Waals surface area (Å²) in [4.78, 5) is 16.1. The maximum atomic E-state index is 12.9. The lowest BCUT2D eigenvalue weighted by atomic mass is 9.48. The summed E-state index contributed by atoms with van der Waals surface area (Å²) >= 11 is 0. The topological polar surface area (TPSA) is 65.1 Å². The molecule has 1 amide bonds. The number of aliphatic hydroxyl groups excluding tert-OH is 1. The molecule has 2 atom stereocenters. The van der Waals surface area contributed by atoms with Gasteiger partial charge in [0.25, 0.3) is 5.91 Å². The van der Waals surface area contributed by atoms with E-state index in [1.807, 2.05) is 13.8 Å². The van der Waals surface area contributed by atoms with Crippen molar-refractivity contribution in [2.45, 2.75) is 78.4 Å². The quantitative estimate of drug-likeness (QED) is 0.772. The van der Waals surface area contributed by atoms with Crippen LogP contribution in [0.4, 0.5) is 0 Å². The van der Waals surface area contributed by atoms with Crippen LogP contribution < -0.4 is 5.32 Å². The number of hydrogen-bond acceptors (Lipinski definition) is 2. The first kappa shape index (κ1) is 17.1. The predicted molar refractivity (Wildman–Crippen MR) is 98.4 cm³/mol. The number of nitrogens with one attached hydrogen (secondary N) is 2. The molecule has 0 unspecified atom stereocenters. The van der Waals surface area contributed by atoms with Gasteiger partial charge in [-0.15, -0.1) is 0 Å². The molecule has 25 heavy (non-hydrogen) atoms. The van der Waals surface area contributed by atoms with Gasteiger partial charge in [-0.05, 0) is 95.0 Å². The van der Waals surface area contributed by atoms with Crippen LogP contribution >= 0.6 is 0 Å². The largest absolute Gasteiger partial charge is 0.389 e. The van der Waals surface area contributed by atoms with Crippen molar-refractivity contribution in [1.82, 2.24) is 10.3 Å². The standard InChI is InChI=1S/C21H32N2O2/c1-11-18(13(3)24)12(2)22-19(11)20(25)23-14(4)21-8-15-5-16(9-21)7-17(6-15)10-21/h13-17,22,24H,5-10H2,1-4H3,(H,23,25)/t13-,14-,15?,16?,17?,21?/m1/s1. The van der Waals surface area contributed by atoms with E-state index in [0.29, 0.717) is 11.1 Å². The maximum absolute atomic E-state index is 12.9. The monoisotopic (exact) mass is 344 g/mol. The number of amides is 1. The average Bonchev–Trinajstić information content (AvgIpc) is 2.80. The van der Waals surface area contributed by atoms with Gasteiger partial charge in [0, 0.05) is 17.3 Å². The molecule has 5 rings (SSSR count). The molecule has 138 valence electrons. The van der Waals surface area contributed by atoms with Crippen LogP contribution in [0.2, 0.25) is 0 Å². The van der Waals surface area contributed by atoms with Gasteiger partial charge in [-0.2, -0.15) is 0 Å². The number of aliphatic hydroxyl groups is 1. The zero-order chi connectivity index (χ0) is 17.9. The maximum Gasteiger partial charge on any atom is 0.268 e. The normalized spacial score (nSPS) is 35.6. The van der Waals surface area contributed by atoms with E-state index < -0.39 is 6.10 Å². The average molecular weight is 344 g/mol. The molecule has 1 aromatic heterocycles. The van der Waals surface area contributed by atoms with Crippen molar-refractivity contribution >= 4 is 5.91 Å². The van der Waals surface area contributed by atoms with Crippen LogP contribution in [-0.2, 0) is 0 Å². The number of aromatic amines is 1. The molecule has 4 aliphatic rings. The van der Waals surface area contributed by atoms with E-state index >= 15 is 0 Å². The fourth-order valence-corrected chi connectivity index (χ4v) is 6.75. The zero-order valence-corrected chi connectivity index (χ0v) is 16.0. The van der Waals surface area contributed by atoms with Crippen molar-refractivity contribution in [3.05, 3.63) is 22.5 Å². The van der Waals surface area contributed by atoms with E-state index in [2.05, 4.69) is 17.2 Å². The highest BCUT2D eigenvalue weighted by atomic mass is 16.3. The summed E-state index contributed by atoms with van der Waals surface area (Å²) in [7, 11) is 0. The van der Waals surface area contributed by atoms with Crippen LogP contribution in [0.15, 0.2) is 0 Å². The number of rotatable bonds is 4. The molecule has 1 aromatic rings. The molecule has 4 heteroatoms. The number of aromatic nitrogens is 1. The highest BCUT2D eigenvalue weighted by molar-refractivity contribution is 5.94. The molecular formula is C21H32N2O2. The Labute approximate surface area is 150 Å². The first-order chi connectivity index (χ1) is 11.8. The predicted octanol–water partition coefficient (Wildman–Crippen LogP) is 4.02. The van der Waals surface area contributed by atoms with Gasteiger partial charge in [-0.1, -0.05) is 0 Å². The summed E-state index contributed by atoms with van der Waals surface area (Å²) in [5, 5.41) is 13.3. The van der Waals surface area contributed by atoms with Crippen molar-refractivity contribution < 1.29 is 9.90 Å². The Morgan fingerprint density at radius 1 is 1.12 bits per heavy atom. The van der Waals surface area contributed by atoms with Gasteiger partial charge in [0.1, 0.15) is 5.69 Å².